The van der Waals surface area contributed by atoms with E-state index in [2.05, 4.69) is 21.2 Å². The van der Waals surface area contributed by atoms with Gasteiger partial charge in [0, 0.05) is 16.2 Å². The Morgan fingerprint density at radius 3 is 2.60 bits per heavy atom. The Morgan fingerprint density at radius 1 is 1.33 bits per heavy atom. The van der Waals surface area contributed by atoms with Crippen molar-refractivity contribution >= 4 is 27.6 Å². The van der Waals surface area contributed by atoms with Crippen molar-refractivity contribution in [1.29, 1.82) is 0 Å². The van der Waals surface area contributed by atoms with Crippen LogP contribution < -0.4 is 5.32 Å². The zero-order valence-corrected chi connectivity index (χ0v) is 9.74. The molecule has 0 radical (unpaired) electrons. The van der Waals surface area contributed by atoms with Crippen molar-refractivity contribution in [3.8, 4) is 0 Å². The smallest absolute Gasteiger partial charge is 0.264 e. The second-order valence-corrected chi connectivity index (χ2v) is 4.20. The molecule has 1 heterocycles. The summed E-state index contributed by atoms with van der Waals surface area (Å²) in [4.78, 5) is 11.1. The van der Waals surface area contributed by atoms with Crippen LogP contribution in [0.2, 0.25) is 0 Å². The monoisotopic (exact) mass is 267 g/mol. The zero-order valence-electron chi connectivity index (χ0n) is 8.16. The summed E-state index contributed by atoms with van der Waals surface area (Å²) in [6.07, 6.45) is 1.15. The van der Waals surface area contributed by atoms with Gasteiger partial charge < -0.3 is 10.1 Å². The lowest BCUT2D eigenvalue weighted by Gasteiger charge is -2.21. The highest BCUT2D eigenvalue weighted by atomic mass is 79.9. The van der Waals surface area contributed by atoms with Crippen LogP contribution in [0.5, 0.6) is 0 Å². The third kappa shape index (κ3) is 2.21. The van der Waals surface area contributed by atoms with E-state index < -0.39 is 6.10 Å². The van der Waals surface area contributed by atoms with Crippen LogP contribution in [0.15, 0.2) is 34.9 Å². The maximum atomic E-state index is 11.1. The minimum Gasteiger partial charge on any atom is -0.479 e. The molecule has 1 aromatic carbocycles. The number of hydrogen-bond acceptors (Lipinski definition) is 2. The number of carbonyl (C=O) groups is 1. The molecule has 0 fully saturated rings. The van der Waals surface area contributed by atoms with Gasteiger partial charge in [0.05, 0.1) is 0 Å². The van der Waals surface area contributed by atoms with E-state index in [1.165, 1.54) is 0 Å². The summed E-state index contributed by atoms with van der Waals surface area (Å²) >= 11 is 3.36. The first-order valence-corrected chi connectivity index (χ1v) is 5.39. The zero-order chi connectivity index (χ0) is 10.8. The molecule has 1 amide bonds. The SMILES string of the molecule is CC1OC(c2ccc(Br)cc2)=CNC1=O. The molecular weight excluding hydrogens is 258 g/mol. The van der Waals surface area contributed by atoms with E-state index in [4.69, 9.17) is 4.74 Å². The first kappa shape index (κ1) is 10.2. The summed E-state index contributed by atoms with van der Waals surface area (Å²) in [7, 11) is 0. The van der Waals surface area contributed by atoms with Gasteiger partial charge in [0.15, 0.2) is 6.10 Å². The first-order valence-electron chi connectivity index (χ1n) is 4.60. The van der Waals surface area contributed by atoms with Gasteiger partial charge in [0.1, 0.15) is 5.76 Å². The molecule has 1 aliphatic heterocycles. The van der Waals surface area contributed by atoms with Gasteiger partial charge in [-0.05, 0) is 19.1 Å². The normalized spacial score (nSPS) is 20.3. The van der Waals surface area contributed by atoms with Crippen LogP contribution in [0.1, 0.15) is 12.5 Å². The summed E-state index contributed by atoms with van der Waals surface area (Å²) in [5, 5.41) is 2.66. The number of amides is 1. The average molecular weight is 268 g/mol. The van der Waals surface area contributed by atoms with E-state index in [-0.39, 0.29) is 5.91 Å². The van der Waals surface area contributed by atoms with Crippen LogP contribution in [0.4, 0.5) is 0 Å². The second-order valence-electron chi connectivity index (χ2n) is 3.28. The number of ether oxygens (including phenoxy) is 1. The Morgan fingerprint density at radius 2 is 2.00 bits per heavy atom. The molecule has 0 spiro atoms. The fourth-order valence-electron chi connectivity index (χ4n) is 1.30. The van der Waals surface area contributed by atoms with Crippen LogP contribution in [-0.4, -0.2) is 12.0 Å². The van der Waals surface area contributed by atoms with Crippen molar-refractivity contribution in [1.82, 2.24) is 5.32 Å². The number of benzene rings is 1. The summed E-state index contributed by atoms with van der Waals surface area (Å²) in [6.45, 7) is 1.72. The van der Waals surface area contributed by atoms with Gasteiger partial charge in [-0.1, -0.05) is 28.1 Å². The first-order chi connectivity index (χ1) is 7.16. The fourth-order valence-corrected chi connectivity index (χ4v) is 1.56. The minimum absolute atomic E-state index is 0.115. The van der Waals surface area contributed by atoms with E-state index >= 15 is 0 Å². The van der Waals surface area contributed by atoms with E-state index in [1.54, 1.807) is 13.1 Å². The van der Waals surface area contributed by atoms with Gasteiger partial charge in [0.2, 0.25) is 0 Å². The minimum atomic E-state index is -0.436. The number of rotatable bonds is 1. The van der Waals surface area contributed by atoms with E-state index in [9.17, 15) is 4.79 Å². The van der Waals surface area contributed by atoms with Crippen molar-refractivity contribution in [2.24, 2.45) is 0 Å². The van der Waals surface area contributed by atoms with Crippen molar-refractivity contribution in [2.75, 3.05) is 0 Å². The van der Waals surface area contributed by atoms with Gasteiger partial charge >= 0.3 is 0 Å². The summed E-state index contributed by atoms with van der Waals surface area (Å²) in [5.41, 5.74) is 0.949. The van der Waals surface area contributed by atoms with Gasteiger partial charge in [-0.15, -0.1) is 0 Å². The van der Waals surface area contributed by atoms with Crippen molar-refractivity contribution < 1.29 is 9.53 Å². The molecule has 1 N–H and O–H groups in total. The van der Waals surface area contributed by atoms with Gasteiger partial charge in [0.25, 0.3) is 5.91 Å². The molecule has 4 heteroatoms. The largest absolute Gasteiger partial charge is 0.479 e. The van der Waals surface area contributed by atoms with Crippen LogP contribution in [-0.2, 0) is 9.53 Å². The molecule has 0 bridgehead atoms. The Hall–Kier alpha value is -1.29. The van der Waals surface area contributed by atoms with Gasteiger partial charge in [-0.3, -0.25) is 4.79 Å². The Balaban J connectivity index is 2.25. The topological polar surface area (TPSA) is 38.3 Å². The molecule has 2 rings (SSSR count). The predicted octanol–water partition coefficient (Wildman–Crippen LogP) is 2.28. The lowest BCUT2D eigenvalue weighted by Crippen LogP contribution is -2.34. The molecule has 0 aliphatic carbocycles. The van der Waals surface area contributed by atoms with Crippen molar-refractivity contribution in [2.45, 2.75) is 13.0 Å². The highest BCUT2D eigenvalue weighted by molar-refractivity contribution is 9.10. The highest BCUT2D eigenvalue weighted by Crippen LogP contribution is 2.21. The third-order valence-corrected chi connectivity index (χ3v) is 2.68. The molecule has 1 aliphatic rings. The van der Waals surface area contributed by atoms with E-state index in [0.29, 0.717) is 5.76 Å². The maximum absolute atomic E-state index is 11.1. The van der Waals surface area contributed by atoms with Crippen molar-refractivity contribution in [3.05, 3.63) is 40.5 Å². The third-order valence-electron chi connectivity index (χ3n) is 2.15. The molecule has 1 atom stereocenters. The number of halogens is 1. The number of hydrogen-bond donors (Lipinski definition) is 1. The van der Waals surface area contributed by atoms with Crippen LogP contribution in [0.3, 0.4) is 0 Å². The molecule has 1 aromatic rings. The Bertz CT molecular complexity index is 411. The molecule has 1 unspecified atom stereocenters. The number of carbonyl (C=O) groups excluding carboxylic acids is 1. The molecule has 78 valence electrons. The lowest BCUT2D eigenvalue weighted by molar-refractivity contribution is -0.128. The summed E-state index contributed by atoms with van der Waals surface area (Å²) in [6, 6.07) is 7.72. The van der Waals surface area contributed by atoms with Gasteiger partial charge in [-0.2, -0.15) is 0 Å². The molecule has 0 saturated heterocycles. The summed E-state index contributed by atoms with van der Waals surface area (Å²) < 4.78 is 6.47. The molecule has 0 saturated carbocycles. The fraction of sp³-hybridized carbons (Fsp3) is 0.182. The second kappa shape index (κ2) is 4.06. The quantitative estimate of drug-likeness (QED) is 0.848. The number of nitrogens with one attached hydrogen (secondary N) is 1. The lowest BCUT2D eigenvalue weighted by atomic mass is 10.2. The standard InChI is InChI=1S/C11H10BrNO2/c1-7-11(14)13-6-10(15-7)8-2-4-9(12)5-3-8/h2-7H,1H3,(H,13,14). The van der Waals surface area contributed by atoms with E-state index in [0.717, 1.165) is 10.0 Å². The van der Waals surface area contributed by atoms with Crippen LogP contribution in [0.25, 0.3) is 5.76 Å². The summed E-state index contributed by atoms with van der Waals surface area (Å²) in [5.74, 6) is 0.575. The predicted molar refractivity (Wildman–Crippen MR) is 60.8 cm³/mol. The molecular formula is C11H10BrNO2. The molecule has 3 nitrogen and oxygen atoms in total. The van der Waals surface area contributed by atoms with Crippen molar-refractivity contribution in [3.63, 3.8) is 0 Å². The van der Waals surface area contributed by atoms with Crippen LogP contribution >= 0.6 is 15.9 Å². The van der Waals surface area contributed by atoms with Crippen LogP contribution in [0, 0.1) is 0 Å². The Labute approximate surface area is 96.3 Å². The highest BCUT2D eigenvalue weighted by Gasteiger charge is 2.20. The maximum Gasteiger partial charge on any atom is 0.264 e. The molecule has 15 heavy (non-hydrogen) atoms. The average Bonchev–Trinajstić information content (AvgIpc) is 2.23. The molecule has 0 aromatic heterocycles. The Kier molecular flexibility index (Phi) is 2.77. The van der Waals surface area contributed by atoms with E-state index in [1.807, 2.05) is 24.3 Å². The van der Waals surface area contributed by atoms with Gasteiger partial charge in [-0.25, -0.2) is 0 Å².